The van der Waals surface area contributed by atoms with Crippen LogP contribution in [0.3, 0.4) is 0 Å². The first-order valence-corrected chi connectivity index (χ1v) is 9.10. The van der Waals surface area contributed by atoms with Gasteiger partial charge >= 0.3 is 0 Å². The first-order chi connectivity index (χ1) is 12.5. The first-order valence-electron chi connectivity index (χ1n) is 9.10. The van der Waals surface area contributed by atoms with E-state index in [2.05, 4.69) is 20.4 Å². The molecule has 142 valence electrons. The number of aryl methyl sites for hydroxylation is 3. The Morgan fingerprint density at radius 1 is 1.46 bits per heavy atom. The summed E-state index contributed by atoms with van der Waals surface area (Å²) < 4.78 is 7.15. The monoisotopic (exact) mass is 361 g/mol. The molecule has 0 saturated carbocycles. The third kappa shape index (κ3) is 4.70. The van der Waals surface area contributed by atoms with Gasteiger partial charge in [0.1, 0.15) is 5.76 Å². The van der Waals surface area contributed by atoms with Crippen molar-refractivity contribution in [3.63, 3.8) is 0 Å². The Balaban J connectivity index is 1.41. The molecule has 1 amide bonds. The van der Waals surface area contributed by atoms with Crippen molar-refractivity contribution in [3.05, 3.63) is 35.7 Å². The SMILES string of the molecule is Cc1noc(C)c1CN1CC[C@@H](NC(=O)CCCn2ccnc2)[C@H](O)C1. The number of amides is 1. The lowest BCUT2D eigenvalue weighted by atomic mass is 10.0. The Kier molecular flexibility index (Phi) is 6.05. The summed E-state index contributed by atoms with van der Waals surface area (Å²) in [5, 5.41) is 17.4. The number of likely N-dealkylation sites (tertiary alicyclic amines) is 1. The lowest BCUT2D eigenvalue weighted by molar-refractivity contribution is -0.123. The van der Waals surface area contributed by atoms with E-state index < -0.39 is 6.10 Å². The van der Waals surface area contributed by atoms with Gasteiger partial charge in [-0.25, -0.2) is 4.98 Å². The van der Waals surface area contributed by atoms with Gasteiger partial charge in [0.2, 0.25) is 5.91 Å². The Morgan fingerprint density at radius 2 is 2.31 bits per heavy atom. The van der Waals surface area contributed by atoms with Gasteiger partial charge in [0.25, 0.3) is 0 Å². The van der Waals surface area contributed by atoms with Crippen LogP contribution in [0.5, 0.6) is 0 Å². The van der Waals surface area contributed by atoms with E-state index in [0.717, 1.165) is 42.9 Å². The molecule has 2 atom stereocenters. The molecular weight excluding hydrogens is 334 g/mol. The van der Waals surface area contributed by atoms with Gasteiger partial charge in [-0.2, -0.15) is 0 Å². The Labute approximate surface area is 153 Å². The molecule has 1 aliphatic heterocycles. The number of aliphatic hydroxyl groups excluding tert-OH is 1. The summed E-state index contributed by atoms with van der Waals surface area (Å²) >= 11 is 0. The summed E-state index contributed by atoms with van der Waals surface area (Å²) in [5.41, 5.74) is 1.98. The van der Waals surface area contributed by atoms with E-state index in [4.69, 9.17) is 4.52 Å². The average molecular weight is 361 g/mol. The summed E-state index contributed by atoms with van der Waals surface area (Å²) in [5.74, 6) is 0.818. The zero-order valence-electron chi connectivity index (χ0n) is 15.4. The fourth-order valence-corrected chi connectivity index (χ4v) is 3.38. The van der Waals surface area contributed by atoms with Gasteiger partial charge in [-0.15, -0.1) is 0 Å². The molecule has 3 rings (SSSR count). The molecule has 26 heavy (non-hydrogen) atoms. The number of β-amino-alcohol motifs (C(OH)–C–C–N with tert-alkyl or cyclic N) is 1. The second kappa shape index (κ2) is 8.46. The molecule has 0 aliphatic carbocycles. The third-order valence-corrected chi connectivity index (χ3v) is 4.95. The summed E-state index contributed by atoms with van der Waals surface area (Å²) in [6.07, 6.45) is 6.73. The highest BCUT2D eigenvalue weighted by Crippen LogP contribution is 2.19. The molecule has 2 N–H and O–H groups in total. The molecule has 0 unspecified atom stereocenters. The van der Waals surface area contributed by atoms with Gasteiger partial charge < -0.3 is 19.5 Å². The molecule has 2 aromatic heterocycles. The number of rotatable bonds is 7. The van der Waals surface area contributed by atoms with Crippen LogP contribution >= 0.6 is 0 Å². The van der Waals surface area contributed by atoms with E-state index in [1.807, 2.05) is 24.6 Å². The number of nitrogens with one attached hydrogen (secondary N) is 1. The van der Waals surface area contributed by atoms with Gasteiger partial charge in [0.15, 0.2) is 0 Å². The van der Waals surface area contributed by atoms with E-state index in [9.17, 15) is 9.90 Å². The minimum Gasteiger partial charge on any atom is -0.390 e. The Bertz CT molecular complexity index is 693. The van der Waals surface area contributed by atoms with Gasteiger partial charge in [0, 0.05) is 50.6 Å². The molecule has 0 spiro atoms. The number of nitrogens with zero attached hydrogens (tertiary/aromatic N) is 4. The number of hydrogen-bond acceptors (Lipinski definition) is 6. The maximum atomic E-state index is 12.1. The summed E-state index contributed by atoms with van der Waals surface area (Å²) in [4.78, 5) is 18.3. The van der Waals surface area contributed by atoms with Crippen molar-refractivity contribution in [2.45, 2.75) is 58.3 Å². The van der Waals surface area contributed by atoms with Crippen LogP contribution < -0.4 is 5.32 Å². The molecule has 8 nitrogen and oxygen atoms in total. The number of hydrogen-bond donors (Lipinski definition) is 2. The van der Waals surface area contributed by atoms with E-state index in [0.29, 0.717) is 19.5 Å². The van der Waals surface area contributed by atoms with Crippen LogP contribution in [0.2, 0.25) is 0 Å². The number of aromatic nitrogens is 3. The van der Waals surface area contributed by atoms with Crippen LogP contribution in [0.4, 0.5) is 0 Å². The van der Waals surface area contributed by atoms with Crippen LogP contribution in [0, 0.1) is 13.8 Å². The van der Waals surface area contributed by atoms with Gasteiger partial charge in [0.05, 0.1) is 24.2 Å². The molecular formula is C18H27N5O3. The third-order valence-electron chi connectivity index (χ3n) is 4.95. The quantitative estimate of drug-likeness (QED) is 0.764. The number of carbonyl (C=O) groups excluding carboxylic acids is 1. The summed E-state index contributed by atoms with van der Waals surface area (Å²) in [6.45, 7) is 6.67. The summed E-state index contributed by atoms with van der Waals surface area (Å²) in [7, 11) is 0. The van der Waals surface area contributed by atoms with Crippen LogP contribution in [0.1, 0.15) is 36.3 Å². The van der Waals surface area contributed by atoms with E-state index in [-0.39, 0.29) is 11.9 Å². The fourth-order valence-electron chi connectivity index (χ4n) is 3.38. The highest BCUT2D eigenvalue weighted by molar-refractivity contribution is 5.76. The van der Waals surface area contributed by atoms with Crippen LogP contribution in [-0.2, 0) is 17.9 Å². The van der Waals surface area contributed by atoms with Gasteiger partial charge in [-0.3, -0.25) is 9.69 Å². The van der Waals surface area contributed by atoms with Crippen molar-refractivity contribution in [3.8, 4) is 0 Å². The first kappa shape index (κ1) is 18.6. The second-order valence-electron chi connectivity index (χ2n) is 6.97. The van der Waals surface area contributed by atoms with Crippen LogP contribution in [0.15, 0.2) is 23.2 Å². The lowest BCUT2D eigenvalue weighted by Gasteiger charge is -2.36. The second-order valence-corrected chi connectivity index (χ2v) is 6.97. The topological polar surface area (TPSA) is 96.4 Å². The van der Waals surface area contributed by atoms with Crippen molar-refractivity contribution < 1.29 is 14.4 Å². The average Bonchev–Trinajstić information content (AvgIpc) is 3.23. The molecule has 0 bridgehead atoms. The number of aliphatic hydroxyl groups is 1. The van der Waals surface area contributed by atoms with Crippen molar-refractivity contribution in [2.75, 3.05) is 13.1 Å². The molecule has 1 saturated heterocycles. The molecule has 8 heteroatoms. The number of imidazole rings is 1. The molecule has 2 aromatic rings. The van der Waals surface area contributed by atoms with E-state index >= 15 is 0 Å². The fraction of sp³-hybridized carbons (Fsp3) is 0.611. The van der Waals surface area contributed by atoms with Crippen LogP contribution in [0.25, 0.3) is 0 Å². The maximum absolute atomic E-state index is 12.1. The molecule has 3 heterocycles. The zero-order chi connectivity index (χ0) is 18.5. The number of piperidine rings is 1. The molecule has 0 radical (unpaired) electrons. The standard InChI is InChI=1S/C18H27N5O3/c1-13-15(14(2)26-21-13)10-23-8-5-16(17(24)11-23)20-18(25)4-3-7-22-9-6-19-12-22/h6,9,12,16-17,24H,3-5,7-8,10-11H2,1-2H3,(H,20,25)/t16-,17-/m1/s1. The van der Waals surface area contributed by atoms with Crippen molar-refractivity contribution >= 4 is 5.91 Å². The van der Waals surface area contributed by atoms with Crippen molar-refractivity contribution in [1.82, 2.24) is 24.9 Å². The summed E-state index contributed by atoms with van der Waals surface area (Å²) in [6, 6.07) is -0.184. The minimum absolute atomic E-state index is 0.00617. The van der Waals surface area contributed by atoms with Crippen LogP contribution in [-0.4, -0.2) is 55.9 Å². The molecule has 0 aromatic carbocycles. The highest BCUT2D eigenvalue weighted by Gasteiger charge is 2.29. The predicted octanol–water partition coefficient (Wildman–Crippen LogP) is 1.02. The largest absolute Gasteiger partial charge is 0.390 e. The predicted molar refractivity (Wildman–Crippen MR) is 95.3 cm³/mol. The van der Waals surface area contributed by atoms with Gasteiger partial charge in [-0.1, -0.05) is 5.16 Å². The normalized spacial score (nSPS) is 21.0. The Morgan fingerprint density at radius 3 is 2.96 bits per heavy atom. The number of carbonyl (C=O) groups is 1. The van der Waals surface area contributed by atoms with Gasteiger partial charge in [-0.05, 0) is 26.7 Å². The van der Waals surface area contributed by atoms with Crippen molar-refractivity contribution in [2.24, 2.45) is 0 Å². The lowest BCUT2D eigenvalue weighted by Crippen LogP contribution is -2.53. The van der Waals surface area contributed by atoms with Crippen molar-refractivity contribution in [1.29, 1.82) is 0 Å². The maximum Gasteiger partial charge on any atom is 0.220 e. The molecule has 1 fully saturated rings. The van der Waals surface area contributed by atoms with E-state index in [1.54, 1.807) is 12.5 Å². The zero-order valence-corrected chi connectivity index (χ0v) is 15.4. The Hall–Kier alpha value is -2.19. The minimum atomic E-state index is -0.568. The highest BCUT2D eigenvalue weighted by atomic mass is 16.5. The smallest absolute Gasteiger partial charge is 0.220 e. The van der Waals surface area contributed by atoms with E-state index in [1.165, 1.54) is 0 Å². The molecule has 1 aliphatic rings.